The number of hydrogen-bond donors (Lipinski definition) is 1. The average Bonchev–Trinajstić information content (AvgIpc) is 1.98. The number of amides is 3. The molecule has 13 heavy (non-hydrogen) atoms. The zero-order valence-corrected chi connectivity index (χ0v) is 7.46. The van der Waals surface area contributed by atoms with Crippen molar-refractivity contribution in [1.82, 2.24) is 5.32 Å². The van der Waals surface area contributed by atoms with Crippen molar-refractivity contribution < 1.29 is 14.4 Å². The molecular formula is C8H10N2O3. The van der Waals surface area contributed by atoms with Gasteiger partial charge in [0.2, 0.25) is 0 Å². The number of imide groups is 1. The molecule has 0 radical (unpaired) electrons. The smallest absolute Gasteiger partial charge is 0.282 e. The lowest BCUT2D eigenvalue weighted by Crippen LogP contribution is -2.43. The van der Waals surface area contributed by atoms with Gasteiger partial charge in [0.25, 0.3) is 5.78 Å². The first-order valence-electron chi connectivity index (χ1n) is 3.98. The van der Waals surface area contributed by atoms with Crippen LogP contribution in [-0.2, 0) is 9.59 Å². The number of nitrogens with zero attached hydrogens (tertiary/aromatic N) is 1. The van der Waals surface area contributed by atoms with E-state index in [0.29, 0.717) is 6.42 Å². The van der Waals surface area contributed by atoms with Gasteiger partial charge in [-0.1, -0.05) is 13.8 Å². The topological polar surface area (TPSA) is 75.6 Å². The van der Waals surface area contributed by atoms with Crippen LogP contribution in [0.15, 0.2) is 4.99 Å². The molecule has 1 rings (SSSR count). The molecule has 0 aromatic carbocycles. The van der Waals surface area contributed by atoms with E-state index in [1.54, 1.807) is 0 Å². The Labute approximate surface area is 75.2 Å². The molecule has 1 heterocycles. The van der Waals surface area contributed by atoms with Crippen LogP contribution in [0.4, 0.5) is 4.79 Å². The van der Waals surface area contributed by atoms with Crippen LogP contribution in [0.1, 0.15) is 20.3 Å². The van der Waals surface area contributed by atoms with Gasteiger partial charge < -0.3 is 0 Å². The summed E-state index contributed by atoms with van der Waals surface area (Å²) in [6, 6.07) is -0.750. The normalized spacial score (nSPS) is 17.5. The lowest BCUT2D eigenvalue weighted by atomic mass is 10.0. The van der Waals surface area contributed by atoms with E-state index in [1.165, 1.54) is 0 Å². The highest BCUT2D eigenvalue weighted by molar-refractivity contribution is 6.67. The number of hydrogen-bond acceptors (Lipinski definition) is 3. The molecule has 5 nitrogen and oxygen atoms in total. The van der Waals surface area contributed by atoms with Gasteiger partial charge in [0.05, 0.1) is 5.71 Å². The first-order valence-corrected chi connectivity index (χ1v) is 3.98. The summed E-state index contributed by atoms with van der Waals surface area (Å²) < 4.78 is 0. The van der Waals surface area contributed by atoms with E-state index in [9.17, 15) is 14.4 Å². The third kappa shape index (κ3) is 2.21. The van der Waals surface area contributed by atoms with E-state index in [2.05, 4.69) is 4.99 Å². The molecule has 0 spiro atoms. The Balaban J connectivity index is 2.87. The molecule has 3 amide bonds. The van der Waals surface area contributed by atoms with E-state index >= 15 is 0 Å². The second-order valence-corrected chi connectivity index (χ2v) is 3.24. The second kappa shape index (κ2) is 3.47. The van der Waals surface area contributed by atoms with Crippen LogP contribution in [0.3, 0.4) is 0 Å². The van der Waals surface area contributed by atoms with Crippen LogP contribution in [0, 0.1) is 5.92 Å². The highest BCUT2D eigenvalue weighted by Gasteiger charge is 2.28. The van der Waals surface area contributed by atoms with Gasteiger partial charge in [0.15, 0.2) is 0 Å². The van der Waals surface area contributed by atoms with Crippen LogP contribution in [0.25, 0.3) is 0 Å². The summed E-state index contributed by atoms with van der Waals surface area (Å²) in [6.07, 6.45) is 0.359. The van der Waals surface area contributed by atoms with Gasteiger partial charge in [0.1, 0.15) is 0 Å². The van der Waals surface area contributed by atoms with E-state index in [0.717, 1.165) is 0 Å². The molecule has 0 atom stereocenters. The Kier molecular flexibility index (Phi) is 2.55. The Hall–Kier alpha value is -1.52. The molecule has 0 aliphatic carbocycles. The molecule has 70 valence electrons. The number of Topliss-reactive ketones (excluding diaryl/α,β-unsaturated/α-hetero) is 1. The van der Waals surface area contributed by atoms with Gasteiger partial charge in [0, 0.05) is 0 Å². The van der Waals surface area contributed by atoms with Crippen molar-refractivity contribution in [3.8, 4) is 0 Å². The van der Waals surface area contributed by atoms with Crippen molar-refractivity contribution >= 4 is 23.4 Å². The zero-order chi connectivity index (χ0) is 10.0. The highest BCUT2D eigenvalue weighted by Crippen LogP contribution is 2.05. The van der Waals surface area contributed by atoms with Crippen molar-refractivity contribution in [2.75, 3.05) is 0 Å². The van der Waals surface area contributed by atoms with Crippen molar-refractivity contribution in [3.63, 3.8) is 0 Å². The molecule has 0 bridgehead atoms. The molecule has 1 aliphatic heterocycles. The van der Waals surface area contributed by atoms with Crippen LogP contribution >= 0.6 is 0 Å². The summed E-state index contributed by atoms with van der Waals surface area (Å²) in [5.74, 6) is -1.38. The molecule has 1 N–H and O–H groups in total. The predicted octanol–water partition coefficient (Wildman–Crippen LogP) is 0.292. The Bertz CT molecular complexity index is 305. The number of carbonyl (C=O) groups is 3. The summed E-state index contributed by atoms with van der Waals surface area (Å²) >= 11 is 0. The average molecular weight is 182 g/mol. The van der Waals surface area contributed by atoms with E-state index in [1.807, 2.05) is 19.2 Å². The SMILES string of the molecule is CC(C)CC1=NC(=O)NC(=O)C1=O. The van der Waals surface area contributed by atoms with Gasteiger partial charge in [-0.25, -0.2) is 4.79 Å². The standard InChI is InChI=1S/C8H10N2O3/c1-4(2)3-5-6(11)7(12)10-8(13)9-5/h4H,3H2,1-2H3,(H,10,12,13). The number of urea groups is 1. The minimum absolute atomic E-state index is 0.0590. The molecular weight excluding hydrogens is 172 g/mol. The summed E-state index contributed by atoms with van der Waals surface area (Å²) in [5, 5.41) is 1.82. The van der Waals surface area contributed by atoms with Gasteiger partial charge in [-0.15, -0.1) is 0 Å². The van der Waals surface area contributed by atoms with Crippen LogP contribution in [-0.4, -0.2) is 23.4 Å². The van der Waals surface area contributed by atoms with Crippen LogP contribution < -0.4 is 5.32 Å². The molecule has 1 aliphatic rings. The number of aliphatic imine (C=N–C) groups is 1. The fourth-order valence-corrected chi connectivity index (χ4v) is 1.01. The van der Waals surface area contributed by atoms with Crippen molar-refractivity contribution in [3.05, 3.63) is 0 Å². The first-order chi connectivity index (χ1) is 6.00. The van der Waals surface area contributed by atoms with Crippen molar-refractivity contribution in [2.45, 2.75) is 20.3 Å². The maximum atomic E-state index is 11.1. The second-order valence-electron chi connectivity index (χ2n) is 3.24. The molecule has 0 unspecified atom stereocenters. The molecule has 0 fully saturated rings. The van der Waals surface area contributed by atoms with Gasteiger partial charge in [-0.05, 0) is 12.3 Å². The fraction of sp³-hybridized carbons (Fsp3) is 0.500. The van der Waals surface area contributed by atoms with Crippen LogP contribution in [0.5, 0.6) is 0 Å². The number of carbonyl (C=O) groups excluding carboxylic acids is 3. The zero-order valence-electron chi connectivity index (χ0n) is 7.46. The number of ketones is 1. The number of rotatable bonds is 2. The Morgan fingerprint density at radius 3 is 2.46 bits per heavy atom. The largest absolute Gasteiger partial charge is 0.348 e. The first kappa shape index (κ1) is 9.57. The monoisotopic (exact) mass is 182 g/mol. The third-order valence-corrected chi connectivity index (χ3v) is 1.53. The quantitative estimate of drug-likeness (QED) is 0.623. The maximum Gasteiger partial charge on any atom is 0.348 e. The van der Waals surface area contributed by atoms with Crippen LogP contribution in [0.2, 0.25) is 0 Å². The highest BCUT2D eigenvalue weighted by atomic mass is 16.2. The fourth-order valence-electron chi connectivity index (χ4n) is 1.01. The lowest BCUT2D eigenvalue weighted by molar-refractivity contribution is -0.133. The lowest BCUT2D eigenvalue weighted by Gasteiger charge is -2.11. The predicted molar refractivity (Wildman–Crippen MR) is 45.4 cm³/mol. The van der Waals surface area contributed by atoms with Gasteiger partial charge in [-0.3, -0.25) is 14.9 Å². The van der Waals surface area contributed by atoms with E-state index < -0.39 is 17.7 Å². The van der Waals surface area contributed by atoms with Gasteiger partial charge in [-0.2, -0.15) is 4.99 Å². The Morgan fingerprint density at radius 1 is 1.31 bits per heavy atom. The van der Waals surface area contributed by atoms with Gasteiger partial charge >= 0.3 is 11.9 Å². The molecule has 0 aromatic heterocycles. The Morgan fingerprint density at radius 2 is 1.92 bits per heavy atom. The summed E-state index contributed by atoms with van der Waals surface area (Å²) in [4.78, 5) is 36.1. The third-order valence-electron chi connectivity index (χ3n) is 1.53. The van der Waals surface area contributed by atoms with E-state index in [-0.39, 0.29) is 11.6 Å². The summed E-state index contributed by atoms with van der Waals surface area (Å²) in [6.45, 7) is 3.76. The maximum absolute atomic E-state index is 11.1. The minimum atomic E-state index is -0.879. The molecule has 5 heteroatoms. The minimum Gasteiger partial charge on any atom is -0.282 e. The van der Waals surface area contributed by atoms with Crippen molar-refractivity contribution in [1.29, 1.82) is 0 Å². The van der Waals surface area contributed by atoms with Crippen molar-refractivity contribution in [2.24, 2.45) is 10.9 Å². The van der Waals surface area contributed by atoms with E-state index in [4.69, 9.17) is 0 Å². The summed E-state index contributed by atoms with van der Waals surface area (Å²) in [7, 11) is 0. The molecule has 0 saturated heterocycles. The molecule has 0 aromatic rings. The number of nitrogens with one attached hydrogen (secondary N) is 1. The summed E-state index contributed by atoms with van der Waals surface area (Å²) in [5.41, 5.74) is 0.0590. The molecule has 0 saturated carbocycles.